The van der Waals surface area contributed by atoms with Crippen molar-refractivity contribution >= 4 is 25.0 Å². The van der Waals surface area contributed by atoms with Crippen LogP contribution in [0.15, 0.2) is 24.3 Å². The molecule has 0 heterocycles. The highest BCUT2D eigenvalue weighted by molar-refractivity contribution is 7.58. The number of aliphatic carboxylic acids is 2. The van der Waals surface area contributed by atoms with Gasteiger partial charge in [0.1, 0.15) is 5.82 Å². The van der Waals surface area contributed by atoms with Crippen LogP contribution in [0.25, 0.3) is 0 Å². The van der Waals surface area contributed by atoms with Crippen LogP contribution in [0.4, 0.5) is 10.1 Å². The van der Waals surface area contributed by atoms with Crippen LogP contribution in [-0.4, -0.2) is 39.5 Å². The van der Waals surface area contributed by atoms with E-state index in [1.165, 1.54) is 18.2 Å². The second-order valence-corrected chi connectivity index (χ2v) is 7.22. The number of carboxylic acid groups (broad SMARTS) is 2. The highest BCUT2D eigenvalue weighted by Crippen LogP contribution is 2.43. The number of nitrogens with one attached hydrogen (secondary N) is 1. The molecule has 122 valence electrons. The van der Waals surface area contributed by atoms with E-state index in [9.17, 15) is 23.4 Å². The van der Waals surface area contributed by atoms with Crippen molar-refractivity contribution in [2.45, 2.75) is 12.8 Å². The Bertz CT molecular complexity index is 594. The highest BCUT2D eigenvalue weighted by Gasteiger charge is 2.29. The number of carboxylic acids is 2. The van der Waals surface area contributed by atoms with Gasteiger partial charge in [-0.05, 0) is 24.6 Å². The van der Waals surface area contributed by atoms with E-state index in [-0.39, 0.29) is 6.42 Å². The summed E-state index contributed by atoms with van der Waals surface area (Å²) in [6.07, 6.45) is -1.59. The molecule has 1 aromatic carbocycles. The van der Waals surface area contributed by atoms with Crippen LogP contribution in [0.3, 0.4) is 0 Å². The van der Waals surface area contributed by atoms with Crippen molar-refractivity contribution in [2.24, 2.45) is 5.92 Å². The Morgan fingerprint density at radius 2 is 2.00 bits per heavy atom. The van der Waals surface area contributed by atoms with Crippen LogP contribution >= 0.6 is 7.37 Å². The number of rotatable bonds is 9. The molecule has 1 rings (SSSR count). The monoisotopic (exact) mass is 333 g/mol. The normalized spacial score (nSPS) is 14.8. The number of hydrogen-bond donors (Lipinski definition) is 4. The summed E-state index contributed by atoms with van der Waals surface area (Å²) in [6, 6.07) is 5.28. The fourth-order valence-electron chi connectivity index (χ4n) is 1.81. The first-order valence-corrected chi connectivity index (χ1v) is 8.47. The lowest BCUT2D eigenvalue weighted by Gasteiger charge is -2.17. The van der Waals surface area contributed by atoms with Crippen molar-refractivity contribution in [3.05, 3.63) is 30.1 Å². The minimum absolute atomic E-state index is 0.227. The lowest BCUT2D eigenvalue weighted by molar-refractivity contribution is -0.142. The van der Waals surface area contributed by atoms with E-state index in [1.807, 2.05) is 0 Å². The van der Waals surface area contributed by atoms with Gasteiger partial charge in [-0.15, -0.1) is 0 Å². The molecule has 0 amide bonds. The topological polar surface area (TPSA) is 124 Å². The Morgan fingerprint density at radius 3 is 2.55 bits per heavy atom. The molecule has 0 saturated carbocycles. The smallest absolute Gasteiger partial charge is 0.307 e. The molecule has 1 aromatic rings. The minimum Gasteiger partial charge on any atom is -0.481 e. The predicted octanol–water partition coefficient (Wildman–Crippen LogP) is 2.03. The fraction of sp³-hybridized carbons (Fsp3) is 0.385. The van der Waals surface area contributed by atoms with Gasteiger partial charge in [0.2, 0.25) is 7.37 Å². The third kappa shape index (κ3) is 6.69. The number of benzene rings is 1. The maximum atomic E-state index is 13.0. The zero-order valence-corrected chi connectivity index (χ0v) is 12.5. The molecule has 0 spiro atoms. The largest absolute Gasteiger partial charge is 0.481 e. The summed E-state index contributed by atoms with van der Waals surface area (Å²) in [5, 5.41) is 20.1. The lowest BCUT2D eigenvalue weighted by atomic mass is 10.1. The van der Waals surface area contributed by atoms with E-state index < -0.39 is 49.9 Å². The van der Waals surface area contributed by atoms with Gasteiger partial charge in [0.15, 0.2) is 0 Å². The van der Waals surface area contributed by atoms with Crippen molar-refractivity contribution in [3.8, 4) is 0 Å². The predicted molar refractivity (Wildman–Crippen MR) is 77.6 cm³/mol. The summed E-state index contributed by atoms with van der Waals surface area (Å²) in [7, 11) is -3.85. The van der Waals surface area contributed by atoms with Gasteiger partial charge in [0.05, 0.1) is 12.2 Å². The molecule has 0 aromatic heterocycles. The summed E-state index contributed by atoms with van der Waals surface area (Å²) in [5.41, 5.74) is 0.298. The van der Waals surface area contributed by atoms with Gasteiger partial charge in [-0.25, -0.2) is 4.39 Å². The number of halogens is 1. The van der Waals surface area contributed by atoms with E-state index in [0.717, 1.165) is 6.07 Å². The molecule has 0 bridgehead atoms. The van der Waals surface area contributed by atoms with Crippen molar-refractivity contribution in [2.75, 3.05) is 17.8 Å². The zero-order chi connectivity index (χ0) is 16.8. The Hall–Kier alpha value is -1.92. The first-order chi connectivity index (χ1) is 10.2. The van der Waals surface area contributed by atoms with E-state index in [1.54, 1.807) is 0 Å². The van der Waals surface area contributed by atoms with Gasteiger partial charge in [-0.2, -0.15) is 0 Å². The minimum atomic E-state index is -3.85. The molecular formula is C13H17FNO6P. The van der Waals surface area contributed by atoms with Crippen LogP contribution in [0.5, 0.6) is 0 Å². The average molecular weight is 333 g/mol. The first-order valence-electron chi connectivity index (χ1n) is 6.44. The molecule has 9 heteroatoms. The Morgan fingerprint density at radius 1 is 1.32 bits per heavy atom. The lowest BCUT2D eigenvalue weighted by Crippen LogP contribution is -2.21. The van der Waals surface area contributed by atoms with Crippen molar-refractivity contribution < 1.29 is 33.7 Å². The van der Waals surface area contributed by atoms with Gasteiger partial charge in [-0.3, -0.25) is 14.2 Å². The van der Waals surface area contributed by atoms with Crippen molar-refractivity contribution in [1.82, 2.24) is 0 Å². The maximum absolute atomic E-state index is 13.0. The summed E-state index contributed by atoms with van der Waals surface area (Å²) in [6.45, 7) is 0. The molecule has 2 atom stereocenters. The molecule has 4 N–H and O–H groups in total. The number of hydrogen-bond acceptors (Lipinski definition) is 4. The summed E-state index contributed by atoms with van der Waals surface area (Å²) in [4.78, 5) is 31.3. The SMILES string of the molecule is O=C(O)CCC(CP(=O)(O)CNc1cccc(F)c1)C(=O)O. The molecular weight excluding hydrogens is 316 g/mol. The molecule has 0 aliphatic heterocycles. The Balaban J connectivity index is 2.61. The molecule has 0 radical (unpaired) electrons. The molecule has 0 saturated heterocycles. The van der Waals surface area contributed by atoms with Crippen LogP contribution in [0.1, 0.15) is 12.8 Å². The first kappa shape index (κ1) is 18.1. The van der Waals surface area contributed by atoms with Crippen molar-refractivity contribution in [1.29, 1.82) is 0 Å². The van der Waals surface area contributed by atoms with E-state index in [0.29, 0.717) is 5.69 Å². The molecule has 22 heavy (non-hydrogen) atoms. The quantitative estimate of drug-likeness (QED) is 0.510. The fourth-order valence-corrected chi connectivity index (χ4v) is 3.40. The molecule has 2 unspecified atom stereocenters. The van der Waals surface area contributed by atoms with Crippen molar-refractivity contribution in [3.63, 3.8) is 0 Å². The second kappa shape index (κ2) is 7.91. The number of carbonyl (C=O) groups is 2. The van der Waals surface area contributed by atoms with Crippen LogP contribution in [0, 0.1) is 11.7 Å². The van der Waals surface area contributed by atoms with Gasteiger partial charge in [-0.1, -0.05) is 6.07 Å². The van der Waals surface area contributed by atoms with Crippen LogP contribution in [-0.2, 0) is 14.2 Å². The van der Waals surface area contributed by atoms with E-state index >= 15 is 0 Å². The standard InChI is InChI=1S/C13H17FNO6P/c14-10-2-1-3-11(6-10)15-8-22(20,21)7-9(13(18)19)4-5-12(16)17/h1-3,6,9,15H,4-5,7-8H2,(H,16,17)(H,18,19)(H,20,21). The third-order valence-electron chi connectivity index (χ3n) is 2.92. The summed E-state index contributed by atoms with van der Waals surface area (Å²) in [5.74, 6) is -4.22. The van der Waals surface area contributed by atoms with Gasteiger partial charge in [0.25, 0.3) is 0 Å². The molecule has 0 fully saturated rings. The third-order valence-corrected chi connectivity index (χ3v) is 4.58. The van der Waals surface area contributed by atoms with Gasteiger partial charge in [0, 0.05) is 18.3 Å². The molecule has 0 aliphatic rings. The molecule has 7 nitrogen and oxygen atoms in total. The number of anilines is 1. The van der Waals surface area contributed by atoms with Crippen LogP contribution in [0.2, 0.25) is 0 Å². The molecule has 0 aliphatic carbocycles. The summed E-state index contributed by atoms with van der Waals surface area (Å²) >= 11 is 0. The Labute approximate surface area is 126 Å². The zero-order valence-electron chi connectivity index (χ0n) is 11.6. The second-order valence-electron chi connectivity index (χ2n) is 4.84. The maximum Gasteiger partial charge on any atom is 0.307 e. The Kier molecular flexibility index (Phi) is 6.52. The van der Waals surface area contributed by atoms with Gasteiger partial charge < -0.3 is 20.4 Å². The van der Waals surface area contributed by atoms with E-state index in [4.69, 9.17) is 10.2 Å². The summed E-state index contributed by atoms with van der Waals surface area (Å²) < 4.78 is 25.0. The highest BCUT2D eigenvalue weighted by atomic mass is 31.2. The van der Waals surface area contributed by atoms with E-state index in [2.05, 4.69) is 5.32 Å². The van der Waals surface area contributed by atoms with Crippen LogP contribution < -0.4 is 5.32 Å². The average Bonchev–Trinajstić information content (AvgIpc) is 2.41. The van der Waals surface area contributed by atoms with Gasteiger partial charge >= 0.3 is 11.9 Å².